The zero-order valence-corrected chi connectivity index (χ0v) is 66.0. The van der Waals surface area contributed by atoms with Gasteiger partial charge in [-0.25, -0.2) is 9.13 Å². The first-order valence-electron chi connectivity index (χ1n) is 40.8. The lowest BCUT2D eigenvalue weighted by Crippen LogP contribution is -2.30. The SMILES string of the molecule is CCCCCCCCCCCCCCCCCC(=O)OC[C@H](COP(=O)(O)OC[C@@H](O)COP(=O)(O)OC[C@@H](COC(=O)CCCCCCCCCCCC(C)C)OC(=O)CCCCCCCCCCCC(C)C)OC(=O)CCCCCCCCCCCCCCCCCCC(C)C. The number of phosphoric ester groups is 2. The fraction of sp³-hybridized carbons (Fsp3) is 0.949. The fourth-order valence-electron chi connectivity index (χ4n) is 12.1. The highest BCUT2D eigenvalue weighted by Crippen LogP contribution is 2.45. The first kappa shape index (κ1) is 96.1. The van der Waals surface area contributed by atoms with Gasteiger partial charge in [-0.3, -0.25) is 37.3 Å². The Morgan fingerprint density at radius 2 is 0.469 bits per heavy atom. The van der Waals surface area contributed by atoms with E-state index < -0.39 is 97.5 Å². The number of hydrogen-bond donors (Lipinski definition) is 3. The van der Waals surface area contributed by atoms with Gasteiger partial charge in [-0.2, -0.15) is 0 Å². The van der Waals surface area contributed by atoms with Gasteiger partial charge in [-0.05, 0) is 43.4 Å². The molecule has 19 heteroatoms. The summed E-state index contributed by atoms with van der Waals surface area (Å²) in [6.07, 6.45) is 56.9. The van der Waals surface area contributed by atoms with Crippen LogP contribution in [0.4, 0.5) is 0 Å². The maximum absolute atomic E-state index is 13.1. The summed E-state index contributed by atoms with van der Waals surface area (Å²) in [5.41, 5.74) is 0. The Balaban J connectivity index is 5.25. The first-order valence-corrected chi connectivity index (χ1v) is 43.8. The van der Waals surface area contributed by atoms with Crippen LogP contribution in [0.1, 0.15) is 408 Å². The lowest BCUT2D eigenvalue weighted by molar-refractivity contribution is -0.161. The van der Waals surface area contributed by atoms with Crippen LogP contribution >= 0.6 is 15.6 Å². The molecule has 0 aliphatic carbocycles. The summed E-state index contributed by atoms with van der Waals surface area (Å²) in [6.45, 7) is 11.9. The normalized spacial score (nSPS) is 14.0. The fourth-order valence-corrected chi connectivity index (χ4v) is 13.7. The summed E-state index contributed by atoms with van der Waals surface area (Å²) in [4.78, 5) is 73.0. The third-order valence-corrected chi connectivity index (χ3v) is 20.3. The monoisotopic (exact) mass is 1440 g/mol. The number of ether oxygens (including phenoxy) is 4. The quantitative estimate of drug-likeness (QED) is 0.0222. The van der Waals surface area contributed by atoms with Crippen molar-refractivity contribution in [2.45, 2.75) is 426 Å². The van der Waals surface area contributed by atoms with E-state index in [-0.39, 0.29) is 25.7 Å². The van der Waals surface area contributed by atoms with Crippen molar-refractivity contribution in [3.05, 3.63) is 0 Å². The van der Waals surface area contributed by atoms with Crippen molar-refractivity contribution >= 4 is 39.5 Å². The standard InChI is InChI=1S/C79H154O17P2/c1-8-9-10-11-12-13-14-15-18-22-25-32-39-46-53-60-76(81)89-66-74(95-78(83)62-55-48-41-33-26-23-20-17-16-19-21-24-29-36-43-50-57-70(2)3)68-93-97(85,86)91-64-73(80)65-92-98(87,88)94-69-75(96-79(84)63-56-49-42-35-28-31-38-45-52-59-72(6)7)67-90-77(82)61-54-47-40-34-27-30-37-44-51-58-71(4)5/h70-75,80H,8-69H2,1-7H3,(H,85,86)(H,87,88)/t73-,74-,75-/m1/s1. The molecule has 0 fully saturated rings. The smallest absolute Gasteiger partial charge is 0.462 e. The molecule has 582 valence electrons. The number of aliphatic hydroxyl groups excluding tert-OH is 1. The largest absolute Gasteiger partial charge is 0.472 e. The minimum absolute atomic E-state index is 0.105. The Morgan fingerprint density at radius 3 is 0.694 bits per heavy atom. The topological polar surface area (TPSA) is 237 Å². The molecule has 0 aromatic heterocycles. The van der Waals surface area contributed by atoms with Crippen molar-refractivity contribution in [3.8, 4) is 0 Å². The minimum Gasteiger partial charge on any atom is -0.462 e. The van der Waals surface area contributed by atoms with E-state index in [1.54, 1.807) is 0 Å². The highest BCUT2D eigenvalue weighted by molar-refractivity contribution is 7.47. The maximum atomic E-state index is 13.1. The lowest BCUT2D eigenvalue weighted by Gasteiger charge is -2.21. The zero-order valence-electron chi connectivity index (χ0n) is 64.3. The molecule has 0 aromatic carbocycles. The van der Waals surface area contributed by atoms with Crippen LogP contribution < -0.4 is 0 Å². The number of carbonyl (C=O) groups excluding carboxylic acids is 4. The van der Waals surface area contributed by atoms with Gasteiger partial charge in [0.1, 0.15) is 19.3 Å². The van der Waals surface area contributed by atoms with E-state index in [1.807, 2.05) is 0 Å². The van der Waals surface area contributed by atoms with Crippen LogP contribution in [0.3, 0.4) is 0 Å². The second-order valence-electron chi connectivity index (χ2n) is 29.9. The van der Waals surface area contributed by atoms with Gasteiger partial charge >= 0.3 is 39.5 Å². The molecule has 2 unspecified atom stereocenters. The molecule has 17 nitrogen and oxygen atoms in total. The van der Waals surface area contributed by atoms with E-state index in [9.17, 15) is 43.2 Å². The predicted molar refractivity (Wildman–Crippen MR) is 400 cm³/mol. The summed E-state index contributed by atoms with van der Waals surface area (Å²) in [5, 5.41) is 10.6. The van der Waals surface area contributed by atoms with Crippen LogP contribution in [0.5, 0.6) is 0 Å². The molecular weight excluding hydrogens is 1280 g/mol. The molecule has 0 rings (SSSR count). The molecule has 3 N–H and O–H groups in total. The number of unbranched alkanes of at least 4 members (excludes halogenated alkanes) is 45. The van der Waals surface area contributed by atoms with Gasteiger partial charge in [0.05, 0.1) is 26.4 Å². The van der Waals surface area contributed by atoms with Crippen LogP contribution in [0.25, 0.3) is 0 Å². The number of esters is 4. The summed E-state index contributed by atoms with van der Waals surface area (Å²) in [7, 11) is -9.92. The number of phosphoric acid groups is 2. The summed E-state index contributed by atoms with van der Waals surface area (Å²) >= 11 is 0. The Morgan fingerprint density at radius 1 is 0.276 bits per heavy atom. The highest BCUT2D eigenvalue weighted by Gasteiger charge is 2.30. The Kier molecular flexibility index (Phi) is 68.1. The van der Waals surface area contributed by atoms with Crippen molar-refractivity contribution < 1.29 is 80.2 Å². The van der Waals surface area contributed by atoms with Gasteiger partial charge in [0.15, 0.2) is 12.2 Å². The second kappa shape index (κ2) is 69.4. The highest BCUT2D eigenvalue weighted by atomic mass is 31.2. The first-order chi connectivity index (χ1) is 47.2. The summed E-state index contributed by atoms with van der Waals surface area (Å²) < 4.78 is 68.7. The van der Waals surface area contributed by atoms with Crippen molar-refractivity contribution in [2.24, 2.45) is 17.8 Å². The van der Waals surface area contributed by atoms with E-state index in [4.69, 9.17) is 37.0 Å². The molecule has 0 aromatic rings. The number of rotatable bonds is 77. The maximum Gasteiger partial charge on any atom is 0.472 e. The van der Waals surface area contributed by atoms with E-state index in [0.29, 0.717) is 25.7 Å². The Hall–Kier alpha value is -1.94. The van der Waals surface area contributed by atoms with Crippen LogP contribution in [-0.4, -0.2) is 96.7 Å². The van der Waals surface area contributed by atoms with Crippen LogP contribution in [0, 0.1) is 17.8 Å². The number of carbonyl (C=O) groups is 4. The van der Waals surface area contributed by atoms with Gasteiger partial charge in [0, 0.05) is 25.7 Å². The van der Waals surface area contributed by atoms with Crippen LogP contribution in [-0.2, 0) is 65.4 Å². The van der Waals surface area contributed by atoms with Crippen molar-refractivity contribution in [1.82, 2.24) is 0 Å². The third-order valence-electron chi connectivity index (χ3n) is 18.4. The van der Waals surface area contributed by atoms with Crippen molar-refractivity contribution in [1.29, 1.82) is 0 Å². The van der Waals surface area contributed by atoms with Crippen molar-refractivity contribution in [3.63, 3.8) is 0 Å². The average molecular weight is 1440 g/mol. The molecule has 0 heterocycles. The molecule has 0 amide bonds. The van der Waals surface area contributed by atoms with E-state index in [1.165, 1.54) is 218 Å². The minimum atomic E-state index is -4.96. The number of aliphatic hydroxyl groups is 1. The van der Waals surface area contributed by atoms with Crippen LogP contribution in [0.2, 0.25) is 0 Å². The van der Waals surface area contributed by atoms with Gasteiger partial charge in [-0.1, -0.05) is 357 Å². The summed E-state index contributed by atoms with van der Waals surface area (Å²) in [6, 6.07) is 0. The molecular formula is C79H154O17P2. The Bertz CT molecular complexity index is 1900. The molecule has 5 atom stereocenters. The molecule has 98 heavy (non-hydrogen) atoms. The lowest BCUT2D eigenvalue weighted by atomic mass is 10.0. The molecule has 0 aliphatic rings. The second-order valence-corrected chi connectivity index (χ2v) is 32.8. The van der Waals surface area contributed by atoms with Gasteiger partial charge < -0.3 is 33.8 Å². The van der Waals surface area contributed by atoms with E-state index in [2.05, 4.69) is 48.5 Å². The van der Waals surface area contributed by atoms with Gasteiger partial charge in [0.2, 0.25) is 0 Å². The third kappa shape index (κ3) is 72.4. The Labute approximate surface area is 600 Å². The number of hydrogen-bond acceptors (Lipinski definition) is 15. The zero-order chi connectivity index (χ0) is 72.3. The molecule has 0 bridgehead atoms. The molecule has 0 saturated carbocycles. The molecule has 0 spiro atoms. The van der Waals surface area contributed by atoms with Gasteiger partial charge in [-0.15, -0.1) is 0 Å². The van der Waals surface area contributed by atoms with Crippen LogP contribution in [0.15, 0.2) is 0 Å². The molecule has 0 saturated heterocycles. The molecule has 0 aliphatic heterocycles. The van der Waals surface area contributed by atoms with E-state index in [0.717, 1.165) is 108 Å². The van der Waals surface area contributed by atoms with Gasteiger partial charge in [0.25, 0.3) is 0 Å². The van der Waals surface area contributed by atoms with Crippen molar-refractivity contribution in [2.75, 3.05) is 39.6 Å². The van der Waals surface area contributed by atoms with E-state index >= 15 is 0 Å². The predicted octanol–water partition coefficient (Wildman–Crippen LogP) is 23.4. The average Bonchev–Trinajstić information content (AvgIpc) is 1.03. The summed E-state index contributed by atoms with van der Waals surface area (Å²) in [5.74, 6) is 0.176. The molecule has 0 radical (unpaired) electrons.